The average molecular weight is 270 g/mol. The van der Waals surface area contributed by atoms with Crippen LogP contribution in [0.25, 0.3) is 0 Å². The van der Waals surface area contributed by atoms with E-state index in [4.69, 9.17) is 5.73 Å². The highest BCUT2D eigenvalue weighted by molar-refractivity contribution is 5.92. The van der Waals surface area contributed by atoms with E-state index in [1.54, 1.807) is 18.2 Å². The minimum Gasteiger partial charge on any atom is -0.506 e. The topological polar surface area (TPSA) is 75.3 Å². The second-order valence-corrected chi connectivity index (χ2v) is 4.81. The van der Waals surface area contributed by atoms with E-state index >= 15 is 0 Å². The van der Waals surface area contributed by atoms with E-state index in [0.29, 0.717) is 24.2 Å². The second kappa shape index (κ2) is 6.10. The zero-order valence-electron chi connectivity index (χ0n) is 11.4. The maximum atomic E-state index is 11.9. The number of carbonyl (C=O) groups excluding carboxylic acids is 1. The molecule has 1 amide bonds. The molecule has 0 radical (unpaired) electrons. The third-order valence-corrected chi connectivity index (χ3v) is 3.02. The van der Waals surface area contributed by atoms with Crippen LogP contribution in [0, 0.1) is 6.92 Å². The van der Waals surface area contributed by atoms with Crippen LogP contribution in [-0.2, 0) is 11.2 Å². The number of nitrogen functional groups attached to an aromatic ring is 1. The summed E-state index contributed by atoms with van der Waals surface area (Å²) in [5.41, 5.74) is 8.83. The maximum Gasteiger partial charge on any atom is 0.224 e. The van der Waals surface area contributed by atoms with Crippen LogP contribution in [0.2, 0.25) is 0 Å². The molecule has 104 valence electrons. The predicted octanol–water partition coefficient (Wildman–Crippen LogP) is 2.85. The molecule has 0 aliphatic rings. The Balaban J connectivity index is 1.94. The van der Waals surface area contributed by atoms with Crippen molar-refractivity contribution in [2.45, 2.75) is 19.8 Å². The van der Waals surface area contributed by atoms with Gasteiger partial charge in [0.2, 0.25) is 5.91 Å². The summed E-state index contributed by atoms with van der Waals surface area (Å²) in [4.78, 5) is 11.9. The Morgan fingerprint density at radius 3 is 2.80 bits per heavy atom. The molecule has 0 spiro atoms. The number of phenolic OH excluding ortho intramolecular Hbond substituents is 1. The number of benzene rings is 2. The van der Waals surface area contributed by atoms with Crippen molar-refractivity contribution >= 4 is 17.3 Å². The van der Waals surface area contributed by atoms with E-state index in [9.17, 15) is 9.90 Å². The molecule has 0 heterocycles. The number of anilines is 2. The van der Waals surface area contributed by atoms with Crippen molar-refractivity contribution in [3.63, 3.8) is 0 Å². The van der Waals surface area contributed by atoms with Crippen molar-refractivity contribution in [3.8, 4) is 5.75 Å². The number of amides is 1. The van der Waals surface area contributed by atoms with Gasteiger partial charge >= 0.3 is 0 Å². The summed E-state index contributed by atoms with van der Waals surface area (Å²) in [6.45, 7) is 1.90. The SMILES string of the molecule is Cc1ccc(O)c(NC(=O)CCc2cccc(N)c2)c1. The lowest BCUT2D eigenvalue weighted by molar-refractivity contribution is -0.116. The molecule has 2 rings (SSSR count). The number of aryl methyl sites for hydroxylation is 2. The first-order chi connectivity index (χ1) is 9.54. The normalized spacial score (nSPS) is 10.2. The Morgan fingerprint density at radius 2 is 2.05 bits per heavy atom. The van der Waals surface area contributed by atoms with Gasteiger partial charge < -0.3 is 16.2 Å². The third kappa shape index (κ3) is 3.75. The molecule has 0 bridgehead atoms. The van der Waals surface area contributed by atoms with Gasteiger partial charge in [0.15, 0.2) is 0 Å². The van der Waals surface area contributed by atoms with Gasteiger partial charge in [-0.1, -0.05) is 18.2 Å². The van der Waals surface area contributed by atoms with Crippen LogP contribution >= 0.6 is 0 Å². The van der Waals surface area contributed by atoms with Crippen LogP contribution in [0.1, 0.15) is 17.5 Å². The van der Waals surface area contributed by atoms with Gasteiger partial charge in [0.1, 0.15) is 5.75 Å². The minimum atomic E-state index is -0.131. The Bertz CT molecular complexity index is 624. The lowest BCUT2D eigenvalue weighted by Crippen LogP contribution is -2.12. The van der Waals surface area contributed by atoms with Gasteiger partial charge in [0, 0.05) is 12.1 Å². The quantitative estimate of drug-likeness (QED) is 0.590. The van der Waals surface area contributed by atoms with Crippen molar-refractivity contribution in [1.29, 1.82) is 0 Å². The first-order valence-electron chi connectivity index (χ1n) is 6.48. The Hall–Kier alpha value is -2.49. The number of nitrogens with two attached hydrogens (primary N) is 1. The standard InChI is InChI=1S/C16H18N2O2/c1-11-5-7-15(19)14(9-11)18-16(20)8-6-12-3-2-4-13(17)10-12/h2-5,7,9-10,19H,6,8,17H2,1H3,(H,18,20). The fourth-order valence-electron chi connectivity index (χ4n) is 1.97. The highest BCUT2D eigenvalue weighted by atomic mass is 16.3. The second-order valence-electron chi connectivity index (χ2n) is 4.81. The van der Waals surface area contributed by atoms with Crippen molar-refractivity contribution in [2.75, 3.05) is 11.1 Å². The summed E-state index contributed by atoms with van der Waals surface area (Å²) < 4.78 is 0. The van der Waals surface area contributed by atoms with Gasteiger partial charge in [-0.3, -0.25) is 4.79 Å². The average Bonchev–Trinajstić information content (AvgIpc) is 2.41. The first-order valence-corrected chi connectivity index (χ1v) is 6.48. The molecule has 0 aromatic heterocycles. The summed E-state index contributed by atoms with van der Waals surface area (Å²) >= 11 is 0. The molecule has 2 aromatic carbocycles. The molecule has 0 unspecified atom stereocenters. The fraction of sp³-hybridized carbons (Fsp3) is 0.188. The fourth-order valence-corrected chi connectivity index (χ4v) is 1.97. The summed E-state index contributed by atoms with van der Waals surface area (Å²) in [6.07, 6.45) is 0.959. The molecule has 0 aliphatic carbocycles. The van der Waals surface area contributed by atoms with Crippen LogP contribution in [0.15, 0.2) is 42.5 Å². The van der Waals surface area contributed by atoms with Crippen molar-refractivity contribution in [3.05, 3.63) is 53.6 Å². The van der Waals surface area contributed by atoms with Crippen LogP contribution < -0.4 is 11.1 Å². The highest BCUT2D eigenvalue weighted by Gasteiger charge is 2.07. The number of hydrogen-bond acceptors (Lipinski definition) is 3. The molecule has 20 heavy (non-hydrogen) atoms. The summed E-state index contributed by atoms with van der Waals surface area (Å²) in [7, 11) is 0. The van der Waals surface area contributed by atoms with Crippen LogP contribution in [-0.4, -0.2) is 11.0 Å². The van der Waals surface area contributed by atoms with E-state index in [0.717, 1.165) is 11.1 Å². The number of nitrogens with one attached hydrogen (secondary N) is 1. The number of aromatic hydroxyl groups is 1. The summed E-state index contributed by atoms with van der Waals surface area (Å²) in [6, 6.07) is 12.6. The molecule has 0 fully saturated rings. The number of phenols is 1. The highest BCUT2D eigenvalue weighted by Crippen LogP contribution is 2.24. The largest absolute Gasteiger partial charge is 0.506 e. The van der Waals surface area contributed by atoms with E-state index in [2.05, 4.69) is 5.32 Å². The molecule has 0 aliphatic heterocycles. The first kappa shape index (κ1) is 13.9. The van der Waals surface area contributed by atoms with Crippen molar-refractivity contribution in [2.24, 2.45) is 0 Å². The van der Waals surface area contributed by atoms with Gasteiger partial charge in [-0.05, 0) is 48.7 Å². The van der Waals surface area contributed by atoms with Crippen LogP contribution in [0.4, 0.5) is 11.4 Å². The van der Waals surface area contributed by atoms with Gasteiger partial charge in [-0.15, -0.1) is 0 Å². The van der Waals surface area contributed by atoms with E-state index in [1.165, 1.54) is 0 Å². The molecular weight excluding hydrogens is 252 g/mol. The Labute approximate surface area is 118 Å². The molecule has 4 heteroatoms. The summed E-state index contributed by atoms with van der Waals surface area (Å²) in [5.74, 6) is -0.0544. The number of hydrogen-bond donors (Lipinski definition) is 3. The maximum absolute atomic E-state index is 11.9. The molecule has 0 atom stereocenters. The van der Waals surface area contributed by atoms with Crippen molar-refractivity contribution in [1.82, 2.24) is 0 Å². The van der Waals surface area contributed by atoms with Crippen LogP contribution in [0.5, 0.6) is 5.75 Å². The zero-order valence-corrected chi connectivity index (χ0v) is 11.4. The van der Waals surface area contributed by atoms with E-state index in [-0.39, 0.29) is 11.7 Å². The van der Waals surface area contributed by atoms with Crippen LogP contribution in [0.3, 0.4) is 0 Å². The number of rotatable bonds is 4. The smallest absolute Gasteiger partial charge is 0.224 e. The molecule has 4 nitrogen and oxygen atoms in total. The zero-order chi connectivity index (χ0) is 14.5. The van der Waals surface area contributed by atoms with Gasteiger partial charge in [-0.25, -0.2) is 0 Å². The van der Waals surface area contributed by atoms with Crippen molar-refractivity contribution < 1.29 is 9.90 Å². The van der Waals surface area contributed by atoms with Gasteiger partial charge in [-0.2, -0.15) is 0 Å². The van der Waals surface area contributed by atoms with E-state index < -0.39 is 0 Å². The number of carbonyl (C=O) groups is 1. The molecule has 2 aromatic rings. The predicted molar refractivity (Wildman–Crippen MR) is 80.6 cm³/mol. The lowest BCUT2D eigenvalue weighted by Gasteiger charge is -2.08. The minimum absolute atomic E-state index is 0.0768. The van der Waals surface area contributed by atoms with Gasteiger partial charge in [0.25, 0.3) is 0 Å². The lowest BCUT2D eigenvalue weighted by atomic mass is 10.1. The van der Waals surface area contributed by atoms with Gasteiger partial charge in [0.05, 0.1) is 5.69 Å². The summed E-state index contributed by atoms with van der Waals surface area (Å²) in [5, 5.41) is 12.4. The molecular formula is C16H18N2O2. The molecule has 0 saturated carbocycles. The Morgan fingerprint density at radius 1 is 1.25 bits per heavy atom. The van der Waals surface area contributed by atoms with E-state index in [1.807, 2.05) is 31.2 Å². The third-order valence-electron chi connectivity index (χ3n) is 3.02. The monoisotopic (exact) mass is 270 g/mol. The Kier molecular flexibility index (Phi) is 4.25. The molecule has 0 saturated heterocycles. The molecule has 4 N–H and O–H groups in total.